The van der Waals surface area contributed by atoms with Crippen LogP contribution in [0.2, 0.25) is 0 Å². The van der Waals surface area contributed by atoms with Crippen LogP contribution in [-0.4, -0.2) is 31.3 Å². The number of anilines is 1. The molecular weight excluding hydrogens is 274 g/mol. The minimum Gasteiger partial charge on any atom is -0.378 e. The van der Waals surface area contributed by atoms with Gasteiger partial charge >= 0.3 is 0 Å². The topological polar surface area (TPSA) is 49.2 Å². The minimum absolute atomic E-state index is 0.526. The average molecular weight is 295 g/mol. The highest BCUT2D eigenvalue weighted by Crippen LogP contribution is 2.26. The molecule has 2 heterocycles. The largest absolute Gasteiger partial charge is 0.378 e. The molecule has 0 radical (unpaired) electrons. The molecule has 0 saturated carbocycles. The average Bonchev–Trinajstić information content (AvgIpc) is 2.59. The molecule has 0 N–H and O–H groups in total. The highest BCUT2D eigenvalue weighted by Gasteiger charge is 2.17. The van der Waals surface area contributed by atoms with Gasteiger partial charge in [0.2, 0.25) is 0 Å². The molecule has 2 aromatic rings. The Labute approximate surface area is 131 Å². The third kappa shape index (κ3) is 3.05. The fraction of sp³-hybridized carbons (Fsp3) is 0.444. The Morgan fingerprint density at radius 3 is 2.82 bits per heavy atom. The minimum atomic E-state index is 0.526. The lowest BCUT2D eigenvalue weighted by molar-refractivity contribution is 0.122. The molecule has 0 amide bonds. The molecule has 0 aliphatic carbocycles. The fourth-order valence-electron chi connectivity index (χ4n) is 2.90. The first-order chi connectivity index (χ1) is 10.8. The van der Waals surface area contributed by atoms with E-state index in [0.29, 0.717) is 6.42 Å². The number of ether oxygens (including phenoxy) is 1. The van der Waals surface area contributed by atoms with Gasteiger partial charge in [-0.25, -0.2) is 4.98 Å². The number of fused-ring (bicyclic) bond motifs is 1. The summed E-state index contributed by atoms with van der Waals surface area (Å²) in [5, 5.41) is 10.1. The van der Waals surface area contributed by atoms with Crippen molar-refractivity contribution in [1.82, 2.24) is 4.98 Å². The number of aromatic nitrogens is 1. The molecule has 1 fully saturated rings. The maximum absolute atomic E-state index is 8.92. The van der Waals surface area contributed by atoms with Gasteiger partial charge in [-0.15, -0.1) is 0 Å². The van der Waals surface area contributed by atoms with Crippen molar-refractivity contribution in [3.63, 3.8) is 0 Å². The fourth-order valence-corrected chi connectivity index (χ4v) is 2.90. The summed E-state index contributed by atoms with van der Waals surface area (Å²) >= 11 is 0. The second-order valence-corrected chi connectivity index (χ2v) is 5.61. The normalized spacial score (nSPS) is 15.0. The van der Waals surface area contributed by atoms with E-state index in [4.69, 9.17) is 15.0 Å². The van der Waals surface area contributed by atoms with Gasteiger partial charge in [-0.1, -0.05) is 13.0 Å². The first-order valence-corrected chi connectivity index (χ1v) is 7.94. The Kier molecular flexibility index (Phi) is 4.55. The zero-order chi connectivity index (χ0) is 15.4. The van der Waals surface area contributed by atoms with Gasteiger partial charge in [-0.05, 0) is 42.2 Å². The van der Waals surface area contributed by atoms with Crippen molar-refractivity contribution in [2.24, 2.45) is 0 Å². The highest BCUT2D eigenvalue weighted by molar-refractivity contribution is 5.82. The molecule has 0 spiro atoms. The number of benzene rings is 1. The maximum Gasteiger partial charge on any atom is 0.132 e. The maximum atomic E-state index is 8.92. The van der Waals surface area contributed by atoms with Gasteiger partial charge in [-0.3, -0.25) is 0 Å². The van der Waals surface area contributed by atoms with Crippen LogP contribution in [0.1, 0.15) is 24.5 Å². The Bertz CT molecular complexity index is 699. The molecule has 1 aliphatic heterocycles. The zero-order valence-corrected chi connectivity index (χ0v) is 13.0. The quantitative estimate of drug-likeness (QED) is 0.869. The number of morpholine rings is 1. The molecule has 4 heteroatoms. The zero-order valence-electron chi connectivity index (χ0n) is 13.0. The predicted octanol–water partition coefficient (Wildman–Crippen LogP) is 3.09. The molecule has 1 aliphatic rings. The van der Waals surface area contributed by atoms with Crippen molar-refractivity contribution in [3.8, 4) is 6.07 Å². The third-order valence-corrected chi connectivity index (χ3v) is 4.16. The smallest absolute Gasteiger partial charge is 0.132 e. The molecule has 1 aromatic heterocycles. The number of aryl methyl sites for hydroxylation is 2. The second kappa shape index (κ2) is 6.76. The summed E-state index contributed by atoms with van der Waals surface area (Å²) in [6.45, 7) is 5.38. The van der Waals surface area contributed by atoms with Gasteiger partial charge in [0.1, 0.15) is 5.82 Å². The van der Waals surface area contributed by atoms with Crippen molar-refractivity contribution in [1.29, 1.82) is 5.26 Å². The summed E-state index contributed by atoms with van der Waals surface area (Å²) in [7, 11) is 0. The van der Waals surface area contributed by atoms with E-state index < -0.39 is 0 Å². The number of pyridine rings is 1. The summed E-state index contributed by atoms with van der Waals surface area (Å²) < 4.78 is 5.44. The van der Waals surface area contributed by atoms with E-state index in [-0.39, 0.29) is 0 Å². The van der Waals surface area contributed by atoms with Gasteiger partial charge in [0.05, 0.1) is 24.8 Å². The van der Waals surface area contributed by atoms with Gasteiger partial charge < -0.3 is 9.64 Å². The second-order valence-electron chi connectivity index (χ2n) is 5.61. The van der Waals surface area contributed by atoms with Crippen LogP contribution >= 0.6 is 0 Å². The molecule has 3 rings (SSSR count). The van der Waals surface area contributed by atoms with Gasteiger partial charge in [0.15, 0.2) is 0 Å². The number of hydrogen-bond donors (Lipinski definition) is 0. The van der Waals surface area contributed by atoms with Gasteiger partial charge in [0.25, 0.3) is 0 Å². The number of nitriles is 1. The number of rotatable bonds is 4. The predicted molar refractivity (Wildman–Crippen MR) is 88.1 cm³/mol. The molecule has 1 aromatic carbocycles. The lowest BCUT2D eigenvalue weighted by Gasteiger charge is -2.29. The van der Waals surface area contributed by atoms with Crippen LogP contribution in [0.4, 0.5) is 5.82 Å². The van der Waals surface area contributed by atoms with E-state index in [9.17, 15) is 0 Å². The van der Waals surface area contributed by atoms with Crippen LogP contribution in [0.3, 0.4) is 0 Å². The summed E-state index contributed by atoms with van der Waals surface area (Å²) in [6.07, 6.45) is 2.30. The molecule has 0 atom stereocenters. The van der Waals surface area contributed by atoms with Crippen LogP contribution in [0, 0.1) is 11.3 Å². The molecule has 4 nitrogen and oxygen atoms in total. The molecular formula is C18H21N3O. The summed E-state index contributed by atoms with van der Waals surface area (Å²) in [5.74, 6) is 1.02. The Hall–Kier alpha value is -2.12. The van der Waals surface area contributed by atoms with Gasteiger partial charge in [0, 0.05) is 24.9 Å². The van der Waals surface area contributed by atoms with Crippen LogP contribution < -0.4 is 4.90 Å². The SMILES string of the molecule is CCc1ccc2nc(N3CCOCC3)c(CCC#N)cc2c1. The van der Waals surface area contributed by atoms with Crippen LogP contribution in [0.15, 0.2) is 24.3 Å². The molecule has 0 bridgehead atoms. The first-order valence-electron chi connectivity index (χ1n) is 7.94. The van der Waals surface area contributed by atoms with Crippen molar-refractivity contribution in [2.75, 3.05) is 31.2 Å². The van der Waals surface area contributed by atoms with Crippen molar-refractivity contribution in [2.45, 2.75) is 26.2 Å². The van der Waals surface area contributed by atoms with Gasteiger partial charge in [-0.2, -0.15) is 5.26 Å². The Morgan fingerprint density at radius 1 is 1.27 bits per heavy atom. The van der Waals surface area contributed by atoms with E-state index in [1.165, 1.54) is 16.5 Å². The molecule has 114 valence electrons. The number of hydrogen-bond acceptors (Lipinski definition) is 4. The molecule has 0 unspecified atom stereocenters. The van der Waals surface area contributed by atoms with E-state index in [0.717, 1.165) is 50.5 Å². The number of nitrogens with zero attached hydrogens (tertiary/aromatic N) is 3. The summed E-state index contributed by atoms with van der Waals surface area (Å²) in [4.78, 5) is 7.17. The first kappa shape index (κ1) is 14.8. The lowest BCUT2D eigenvalue weighted by atomic mass is 10.0. The van der Waals surface area contributed by atoms with Crippen molar-refractivity contribution < 1.29 is 4.74 Å². The highest BCUT2D eigenvalue weighted by atomic mass is 16.5. The van der Waals surface area contributed by atoms with E-state index in [1.54, 1.807) is 0 Å². The monoisotopic (exact) mass is 295 g/mol. The Morgan fingerprint density at radius 2 is 2.09 bits per heavy atom. The lowest BCUT2D eigenvalue weighted by Crippen LogP contribution is -2.37. The summed E-state index contributed by atoms with van der Waals surface area (Å²) in [6, 6.07) is 10.9. The standard InChI is InChI=1S/C18H21N3O/c1-2-14-5-6-17-16(12-14)13-15(4-3-7-19)18(20-17)21-8-10-22-11-9-21/h5-6,12-13H,2-4,8-11H2,1H3. The molecule has 1 saturated heterocycles. The van der Waals surface area contributed by atoms with Crippen molar-refractivity contribution in [3.05, 3.63) is 35.4 Å². The van der Waals surface area contributed by atoms with E-state index in [2.05, 4.69) is 42.2 Å². The van der Waals surface area contributed by atoms with Crippen molar-refractivity contribution >= 4 is 16.7 Å². The van der Waals surface area contributed by atoms with E-state index in [1.807, 2.05) is 0 Å². The third-order valence-electron chi connectivity index (χ3n) is 4.16. The van der Waals surface area contributed by atoms with Crippen LogP contribution in [0.5, 0.6) is 0 Å². The van der Waals surface area contributed by atoms with Crippen LogP contribution in [-0.2, 0) is 17.6 Å². The van der Waals surface area contributed by atoms with E-state index >= 15 is 0 Å². The Balaban J connectivity index is 2.05. The summed E-state index contributed by atoms with van der Waals surface area (Å²) in [5.41, 5.74) is 3.52. The molecule has 22 heavy (non-hydrogen) atoms. The van der Waals surface area contributed by atoms with Crippen LogP contribution in [0.25, 0.3) is 10.9 Å².